The van der Waals surface area contributed by atoms with Crippen molar-refractivity contribution in [1.82, 2.24) is 5.32 Å². The summed E-state index contributed by atoms with van der Waals surface area (Å²) in [5.74, 6) is 0.784. The first-order valence-electron chi connectivity index (χ1n) is 8.04. The van der Waals surface area contributed by atoms with Crippen LogP contribution in [-0.4, -0.2) is 5.91 Å². The zero-order valence-corrected chi connectivity index (χ0v) is 15.7. The first kappa shape index (κ1) is 17.7. The van der Waals surface area contributed by atoms with E-state index in [4.69, 9.17) is 0 Å². The van der Waals surface area contributed by atoms with Crippen molar-refractivity contribution in [3.8, 4) is 0 Å². The Morgan fingerprint density at radius 3 is 2.09 bits per heavy atom. The highest BCUT2D eigenvalue weighted by Crippen LogP contribution is 2.25. The van der Waals surface area contributed by atoms with Crippen LogP contribution in [-0.2, 0) is 0 Å². The summed E-state index contributed by atoms with van der Waals surface area (Å²) >= 11 is 3.41. The third-order valence-electron chi connectivity index (χ3n) is 4.00. The van der Waals surface area contributed by atoms with Gasteiger partial charge in [0.1, 0.15) is 0 Å². The molecule has 0 aliphatic carbocycles. The highest BCUT2D eigenvalue weighted by atomic mass is 79.9. The van der Waals surface area contributed by atoms with Crippen LogP contribution < -0.4 is 5.32 Å². The van der Waals surface area contributed by atoms with Gasteiger partial charge in [0.2, 0.25) is 0 Å². The monoisotopic (exact) mass is 373 g/mol. The molecule has 2 nitrogen and oxygen atoms in total. The van der Waals surface area contributed by atoms with Crippen LogP contribution in [0.5, 0.6) is 0 Å². The predicted octanol–water partition coefficient (Wildman–Crippen LogP) is 5.70. The van der Waals surface area contributed by atoms with E-state index in [9.17, 15) is 4.79 Å². The Labute approximate surface area is 147 Å². The van der Waals surface area contributed by atoms with Gasteiger partial charge in [-0.3, -0.25) is 4.79 Å². The van der Waals surface area contributed by atoms with Crippen molar-refractivity contribution >= 4 is 21.8 Å². The number of halogens is 1. The van der Waals surface area contributed by atoms with Gasteiger partial charge in [-0.1, -0.05) is 74.0 Å². The van der Waals surface area contributed by atoms with Crippen molar-refractivity contribution in [2.24, 2.45) is 5.92 Å². The fourth-order valence-electron chi connectivity index (χ4n) is 2.58. The SMILES string of the molecule is CC(C)c1ccc([C@H](NC(=O)c2cccc(Br)c2)C(C)C)cc1. The second-order valence-electron chi connectivity index (χ2n) is 6.53. The summed E-state index contributed by atoms with van der Waals surface area (Å²) in [7, 11) is 0. The van der Waals surface area contributed by atoms with Crippen LogP contribution in [0.3, 0.4) is 0 Å². The molecular formula is C20H24BrNO. The van der Waals surface area contributed by atoms with Gasteiger partial charge < -0.3 is 5.32 Å². The van der Waals surface area contributed by atoms with Crippen molar-refractivity contribution in [2.75, 3.05) is 0 Å². The van der Waals surface area contributed by atoms with Crippen LogP contribution in [0.1, 0.15) is 61.1 Å². The number of nitrogens with one attached hydrogen (secondary N) is 1. The molecule has 1 atom stereocenters. The van der Waals surface area contributed by atoms with Crippen LogP contribution in [0.25, 0.3) is 0 Å². The van der Waals surface area contributed by atoms with Crippen molar-refractivity contribution in [3.05, 3.63) is 69.7 Å². The Kier molecular flexibility index (Phi) is 6.00. The lowest BCUT2D eigenvalue weighted by molar-refractivity contribution is 0.0925. The highest BCUT2D eigenvalue weighted by Gasteiger charge is 2.19. The van der Waals surface area contributed by atoms with Gasteiger partial charge in [-0.15, -0.1) is 0 Å². The maximum absolute atomic E-state index is 12.5. The number of amides is 1. The maximum atomic E-state index is 12.5. The first-order chi connectivity index (χ1) is 10.9. The van der Waals surface area contributed by atoms with E-state index in [-0.39, 0.29) is 11.9 Å². The second kappa shape index (κ2) is 7.78. The summed E-state index contributed by atoms with van der Waals surface area (Å²) in [6.07, 6.45) is 0. The zero-order valence-electron chi connectivity index (χ0n) is 14.1. The van der Waals surface area contributed by atoms with Crippen LogP contribution in [0.15, 0.2) is 53.0 Å². The molecule has 3 heteroatoms. The molecule has 0 fully saturated rings. The smallest absolute Gasteiger partial charge is 0.251 e. The predicted molar refractivity (Wildman–Crippen MR) is 99.7 cm³/mol. The fourth-order valence-corrected chi connectivity index (χ4v) is 2.98. The molecule has 2 rings (SSSR count). The molecule has 0 heterocycles. The minimum atomic E-state index is -0.0436. The summed E-state index contributed by atoms with van der Waals surface area (Å²) in [6.45, 7) is 8.62. The average Bonchev–Trinajstić information content (AvgIpc) is 2.52. The molecule has 2 aromatic carbocycles. The van der Waals surface area contributed by atoms with Gasteiger partial charge in [-0.2, -0.15) is 0 Å². The molecule has 23 heavy (non-hydrogen) atoms. The molecule has 0 unspecified atom stereocenters. The van der Waals surface area contributed by atoms with E-state index >= 15 is 0 Å². The molecule has 0 bridgehead atoms. The molecule has 2 aromatic rings. The third-order valence-corrected chi connectivity index (χ3v) is 4.50. The van der Waals surface area contributed by atoms with Crippen molar-refractivity contribution in [2.45, 2.75) is 39.7 Å². The molecule has 0 saturated heterocycles. The molecule has 0 aromatic heterocycles. The van der Waals surface area contributed by atoms with Gasteiger partial charge in [-0.25, -0.2) is 0 Å². The van der Waals surface area contributed by atoms with E-state index in [1.54, 1.807) is 0 Å². The Bertz CT molecular complexity index is 662. The maximum Gasteiger partial charge on any atom is 0.251 e. The number of hydrogen-bond donors (Lipinski definition) is 1. The van der Waals surface area contributed by atoms with Gasteiger partial charge >= 0.3 is 0 Å². The summed E-state index contributed by atoms with van der Waals surface area (Å²) in [6, 6.07) is 16.0. The minimum Gasteiger partial charge on any atom is -0.345 e. The summed E-state index contributed by atoms with van der Waals surface area (Å²) in [5.41, 5.74) is 3.13. The van der Waals surface area contributed by atoms with E-state index in [0.717, 1.165) is 10.0 Å². The molecule has 122 valence electrons. The van der Waals surface area contributed by atoms with Crippen LogP contribution in [0.4, 0.5) is 0 Å². The summed E-state index contributed by atoms with van der Waals surface area (Å²) in [4.78, 5) is 12.5. The lowest BCUT2D eigenvalue weighted by atomic mass is 9.93. The quantitative estimate of drug-likeness (QED) is 0.715. The zero-order chi connectivity index (χ0) is 17.0. The Morgan fingerprint density at radius 1 is 0.957 bits per heavy atom. The topological polar surface area (TPSA) is 29.1 Å². The molecule has 0 aliphatic rings. The number of hydrogen-bond acceptors (Lipinski definition) is 1. The molecule has 0 radical (unpaired) electrons. The molecular weight excluding hydrogens is 350 g/mol. The number of carbonyl (C=O) groups is 1. The number of carbonyl (C=O) groups excluding carboxylic acids is 1. The Balaban J connectivity index is 2.20. The fraction of sp³-hybridized carbons (Fsp3) is 0.350. The third kappa shape index (κ3) is 4.68. The summed E-state index contributed by atoms with van der Waals surface area (Å²) in [5, 5.41) is 3.17. The average molecular weight is 374 g/mol. The molecule has 0 spiro atoms. The van der Waals surface area contributed by atoms with E-state index in [2.05, 4.69) is 73.2 Å². The Morgan fingerprint density at radius 2 is 1.57 bits per heavy atom. The first-order valence-corrected chi connectivity index (χ1v) is 8.84. The van der Waals surface area contributed by atoms with E-state index < -0.39 is 0 Å². The Hall–Kier alpha value is -1.61. The molecule has 1 N–H and O–H groups in total. The van der Waals surface area contributed by atoms with E-state index in [1.807, 2.05) is 24.3 Å². The normalized spacial score (nSPS) is 12.5. The van der Waals surface area contributed by atoms with Crippen LogP contribution in [0, 0.1) is 5.92 Å². The summed E-state index contributed by atoms with van der Waals surface area (Å²) < 4.78 is 0.910. The molecule has 1 amide bonds. The lowest BCUT2D eigenvalue weighted by Crippen LogP contribution is -2.31. The van der Waals surface area contributed by atoms with Crippen LogP contribution >= 0.6 is 15.9 Å². The van der Waals surface area contributed by atoms with Gasteiger partial charge in [0.15, 0.2) is 0 Å². The highest BCUT2D eigenvalue weighted by molar-refractivity contribution is 9.10. The largest absolute Gasteiger partial charge is 0.345 e. The van der Waals surface area contributed by atoms with E-state index in [1.165, 1.54) is 5.56 Å². The van der Waals surface area contributed by atoms with Crippen molar-refractivity contribution in [3.63, 3.8) is 0 Å². The van der Waals surface area contributed by atoms with Crippen molar-refractivity contribution in [1.29, 1.82) is 0 Å². The lowest BCUT2D eigenvalue weighted by Gasteiger charge is -2.23. The number of benzene rings is 2. The standard InChI is InChI=1S/C20H24BrNO/c1-13(2)15-8-10-16(11-9-15)19(14(3)4)22-20(23)17-6-5-7-18(21)12-17/h5-14,19H,1-4H3,(H,22,23)/t19-/m1/s1. The van der Waals surface area contributed by atoms with Gasteiger partial charge in [0, 0.05) is 10.0 Å². The van der Waals surface area contributed by atoms with Gasteiger partial charge in [0.05, 0.1) is 6.04 Å². The van der Waals surface area contributed by atoms with Crippen LogP contribution in [0.2, 0.25) is 0 Å². The minimum absolute atomic E-state index is 0.00249. The van der Waals surface area contributed by atoms with Gasteiger partial charge in [-0.05, 0) is 41.2 Å². The second-order valence-corrected chi connectivity index (χ2v) is 7.44. The molecule has 0 aliphatic heterocycles. The van der Waals surface area contributed by atoms with Crippen molar-refractivity contribution < 1.29 is 4.79 Å². The van der Waals surface area contributed by atoms with E-state index in [0.29, 0.717) is 17.4 Å². The van der Waals surface area contributed by atoms with Gasteiger partial charge in [0.25, 0.3) is 5.91 Å². The number of rotatable bonds is 5. The molecule has 0 saturated carbocycles.